The van der Waals surface area contributed by atoms with E-state index in [1.54, 1.807) is 42.5 Å². The molecule has 0 aliphatic rings. The van der Waals surface area contributed by atoms with Crippen molar-refractivity contribution >= 4 is 46.7 Å². The Morgan fingerprint density at radius 2 is 1.64 bits per heavy atom. The Hall–Kier alpha value is -3.02. The van der Waals surface area contributed by atoms with Crippen LogP contribution in [0.25, 0.3) is 0 Å². The molecule has 0 unspecified atom stereocenters. The number of anilines is 2. The molecule has 0 aliphatic carbocycles. The molecule has 0 saturated heterocycles. The van der Waals surface area contributed by atoms with Crippen molar-refractivity contribution in [1.82, 2.24) is 5.43 Å². The minimum Gasteiger partial charge on any atom is -0.508 e. The molecule has 28 heavy (non-hydrogen) atoms. The molecule has 0 aromatic heterocycles. The Morgan fingerprint density at radius 1 is 0.964 bits per heavy atom. The third-order valence-corrected chi connectivity index (χ3v) is 4.52. The Bertz CT molecular complexity index is 985. The van der Waals surface area contributed by atoms with Gasteiger partial charge in [-0.25, -0.2) is 5.43 Å². The molecule has 3 aromatic rings. The Balaban J connectivity index is 1.67. The van der Waals surface area contributed by atoms with Crippen LogP contribution in [0, 0.1) is 0 Å². The fourth-order valence-electron chi connectivity index (χ4n) is 2.50. The summed E-state index contributed by atoms with van der Waals surface area (Å²) < 4.78 is 0. The van der Waals surface area contributed by atoms with Gasteiger partial charge in [-0.2, -0.15) is 5.10 Å². The summed E-state index contributed by atoms with van der Waals surface area (Å²) in [4.78, 5) is 12.3. The molecular formula is C21H17Cl2N3O2. The van der Waals surface area contributed by atoms with E-state index in [0.717, 1.165) is 16.8 Å². The second-order valence-corrected chi connectivity index (χ2v) is 6.75. The SMILES string of the molecule is O=C(Cc1ccccc1Nc1c(Cl)cccc1Cl)N/N=C/c1ccc(O)cc1. The van der Waals surface area contributed by atoms with Gasteiger partial charge >= 0.3 is 0 Å². The summed E-state index contributed by atoms with van der Waals surface area (Å²) in [5.41, 5.74) is 5.35. The normalized spacial score (nSPS) is 10.8. The van der Waals surface area contributed by atoms with E-state index in [2.05, 4.69) is 15.8 Å². The van der Waals surface area contributed by atoms with Crippen molar-refractivity contribution in [3.05, 3.63) is 87.9 Å². The first-order valence-corrected chi connectivity index (χ1v) is 9.18. The summed E-state index contributed by atoms with van der Waals surface area (Å²) in [7, 11) is 0. The highest BCUT2D eigenvalue weighted by molar-refractivity contribution is 6.39. The Morgan fingerprint density at radius 3 is 2.36 bits per heavy atom. The number of hydrogen-bond acceptors (Lipinski definition) is 4. The molecule has 0 aliphatic heterocycles. The summed E-state index contributed by atoms with van der Waals surface area (Å²) in [6.45, 7) is 0. The summed E-state index contributed by atoms with van der Waals surface area (Å²) in [6.07, 6.45) is 1.63. The number of hydrazone groups is 1. The molecule has 0 heterocycles. The third kappa shape index (κ3) is 5.25. The smallest absolute Gasteiger partial charge is 0.244 e. The fraction of sp³-hybridized carbons (Fsp3) is 0.0476. The highest BCUT2D eigenvalue weighted by Crippen LogP contribution is 2.33. The Labute approximate surface area is 172 Å². The number of nitrogens with zero attached hydrogens (tertiary/aromatic N) is 1. The van der Waals surface area contributed by atoms with Crippen LogP contribution in [0.2, 0.25) is 10.0 Å². The average molecular weight is 414 g/mol. The first-order chi connectivity index (χ1) is 13.5. The maximum Gasteiger partial charge on any atom is 0.244 e. The standard InChI is InChI=1S/C21H17Cl2N3O2/c22-17-5-3-6-18(23)21(17)25-19-7-2-1-4-15(19)12-20(28)26-24-13-14-8-10-16(27)11-9-14/h1-11,13,25,27H,12H2,(H,26,28)/b24-13+. The van der Waals surface area contributed by atoms with Gasteiger partial charge in [0.2, 0.25) is 5.91 Å². The van der Waals surface area contributed by atoms with E-state index in [0.29, 0.717) is 15.7 Å². The molecule has 0 spiro atoms. The molecule has 1 amide bonds. The molecule has 0 atom stereocenters. The zero-order valence-electron chi connectivity index (χ0n) is 14.7. The van der Waals surface area contributed by atoms with Gasteiger partial charge in [-0.15, -0.1) is 0 Å². The molecule has 3 aromatic carbocycles. The molecule has 0 bridgehead atoms. The summed E-state index contributed by atoms with van der Waals surface area (Å²) in [5.74, 6) is -0.0987. The van der Waals surface area contributed by atoms with E-state index in [1.807, 2.05) is 24.3 Å². The number of benzene rings is 3. The van der Waals surface area contributed by atoms with E-state index in [4.69, 9.17) is 23.2 Å². The number of hydrogen-bond donors (Lipinski definition) is 3. The van der Waals surface area contributed by atoms with Gasteiger partial charge in [0.15, 0.2) is 0 Å². The quantitative estimate of drug-likeness (QED) is 0.387. The number of nitrogens with one attached hydrogen (secondary N) is 2. The number of carbonyl (C=O) groups is 1. The third-order valence-electron chi connectivity index (χ3n) is 3.89. The zero-order chi connectivity index (χ0) is 19.9. The Kier molecular flexibility index (Phi) is 6.53. The van der Waals surface area contributed by atoms with Crippen molar-refractivity contribution < 1.29 is 9.90 Å². The highest BCUT2D eigenvalue weighted by atomic mass is 35.5. The maximum atomic E-state index is 12.3. The van der Waals surface area contributed by atoms with Crippen LogP contribution in [0.1, 0.15) is 11.1 Å². The lowest BCUT2D eigenvalue weighted by atomic mass is 10.1. The van der Waals surface area contributed by atoms with E-state index in [-0.39, 0.29) is 18.1 Å². The van der Waals surface area contributed by atoms with Crippen molar-refractivity contribution in [1.29, 1.82) is 0 Å². The molecule has 3 rings (SSSR count). The highest BCUT2D eigenvalue weighted by Gasteiger charge is 2.11. The van der Waals surface area contributed by atoms with Crippen LogP contribution in [0.4, 0.5) is 11.4 Å². The van der Waals surface area contributed by atoms with Gasteiger partial charge in [0.25, 0.3) is 0 Å². The summed E-state index contributed by atoms with van der Waals surface area (Å²) in [6, 6.07) is 19.1. The molecule has 7 heteroatoms. The van der Waals surface area contributed by atoms with Gasteiger partial charge in [-0.05, 0) is 53.6 Å². The molecule has 0 radical (unpaired) electrons. The molecular weight excluding hydrogens is 397 g/mol. The largest absolute Gasteiger partial charge is 0.508 e. The van der Waals surface area contributed by atoms with Gasteiger partial charge in [0.1, 0.15) is 5.75 Å². The van der Waals surface area contributed by atoms with E-state index in [1.165, 1.54) is 6.21 Å². The van der Waals surface area contributed by atoms with E-state index in [9.17, 15) is 9.90 Å². The zero-order valence-corrected chi connectivity index (χ0v) is 16.2. The minimum atomic E-state index is -0.269. The molecule has 3 N–H and O–H groups in total. The van der Waals surface area contributed by atoms with Gasteiger partial charge < -0.3 is 10.4 Å². The summed E-state index contributed by atoms with van der Waals surface area (Å²) >= 11 is 12.4. The van der Waals surface area contributed by atoms with Crippen LogP contribution in [0.3, 0.4) is 0 Å². The van der Waals surface area contributed by atoms with Crippen LogP contribution in [0.5, 0.6) is 5.75 Å². The maximum absolute atomic E-state index is 12.3. The van der Waals surface area contributed by atoms with Gasteiger partial charge in [0.05, 0.1) is 28.4 Å². The first-order valence-electron chi connectivity index (χ1n) is 8.43. The van der Waals surface area contributed by atoms with Crippen LogP contribution < -0.4 is 10.7 Å². The minimum absolute atomic E-state index is 0.123. The number of para-hydroxylation sites is 2. The lowest BCUT2D eigenvalue weighted by Crippen LogP contribution is -2.20. The van der Waals surface area contributed by atoms with Crippen LogP contribution in [-0.2, 0) is 11.2 Å². The topological polar surface area (TPSA) is 73.7 Å². The number of phenols is 1. The predicted molar refractivity (Wildman–Crippen MR) is 114 cm³/mol. The fourth-order valence-corrected chi connectivity index (χ4v) is 2.99. The monoisotopic (exact) mass is 413 g/mol. The number of aromatic hydroxyl groups is 1. The van der Waals surface area contributed by atoms with Crippen molar-refractivity contribution in [3.63, 3.8) is 0 Å². The molecule has 142 valence electrons. The van der Waals surface area contributed by atoms with Crippen molar-refractivity contribution in [2.24, 2.45) is 5.10 Å². The molecule has 5 nitrogen and oxygen atoms in total. The number of phenolic OH excluding ortho intramolecular Hbond substituents is 1. The van der Waals surface area contributed by atoms with E-state index < -0.39 is 0 Å². The van der Waals surface area contributed by atoms with Crippen molar-refractivity contribution in [2.45, 2.75) is 6.42 Å². The van der Waals surface area contributed by atoms with Crippen LogP contribution in [-0.4, -0.2) is 17.2 Å². The number of amides is 1. The average Bonchev–Trinajstić information content (AvgIpc) is 2.68. The van der Waals surface area contributed by atoms with Crippen LogP contribution in [0.15, 0.2) is 71.8 Å². The lowest BCUT2D eigenvalue weighted by molar-refractivity contribution is -0.120. The number of halogens is 2. The van der Waals surface area contributed by atoms with Crippen LogP contribution >= 0.6 is 23.2 Å². The van der Waals surface area contributed by atoms with Crippen molar-refractivity contribution in [2.75, 3.05) is 5.32 Å². The van der Waals surface area contributed by atoms with Gasteiger partial charge in [-0.3, -0.25) is 4.79 Å². The number of rotatable bonds is 6. The predicted octanol–water partition coefficient (Wildman–Crippen LogP) is 5.14. The van der Waals surface area contributed by atoms with Gasteiger partial charge in [0, 0.05) is 5.69 Å². The second kappa shape index (κ2) is 9.26. The second-order valence-electron chi connectivity index (χ2n) is 5.94. The lowest BCUT2D eigenvalue weighted by Gasteiger charge is -2.14. The number of carbonyl (C=O) groups excluding carboxylic acids is 1. The molecule has 0 saturated carbocycles. The molecule has 0 fully saturated rings. The van der Waals surface area contributed by atoms with Crippen molar-refractivity contribution in [3.8, 4) is 5.75 Å². The van der Waals surface area contributed by atoms with E-state index >= 15 is 0 Å². The summed E-state index contributed by atoms with van der Waals surface area (Å²) in [5, 5.41) is 17.4. The van der Waals surface area contributed by atoms with Gasteiger partial charge in [-0.1, -0.05) is 47.5 Å². The first kappa shape index (κ1) is 19.7.